The number of carbonyl (C=O) groups is 1. The lowest BCUT2D eigenvalue weighted by molar-refractivity contribution is -0.137. The summed E-state index contributed by atoms with van der Waals surface area (Å²) in [5.41, 5.74) is 1.03. The van der Waals surface area contributed by atoms with Crippen LogP contribution in [0.2, 0.25) is 0 Å². The van der Waals surface area contributed by atoms with Gasteiger partial charge in [0, 0.05) is 18.8 Å². The van der Waals surface area contributed by atoms with Crippen LogP contribution in [-0.4, -0.2) is 25.5 Å². The first-order valence-electron chi connectivity index (χ1n) is 8.87. The van der Waals surface area contributed by atoms with Crippen LogP contribution in [0, 0.1) is 11.3 Å². The standard InChI is InChI=1S/C20H19F3N4O/c21-20(22,23)15-6-7-18(27-8-1-2-9-27)17(11-15)25-13-19(28)26-16-5-3-4-14(10-16)12-24/h3-7,10-11,25H,1-2,8-9,13H2,(H,26,28). The van der Waals surface area contributed by atoms with Crippen LogP contribution in [0.1, 0.15) is 24.0 Å². The van der Waals surface area contributed by atoms with E-state index >= 15 is 0 Å². The summed E-state index contributed by atoms with van der Waals surface area (Å²) < 4.78 is 39.3. The average molecular weight is 388 g/mol. The van der Waals surface area contributed by atoms with Gasteiger partial charge in [-0.1, -0.05) is 6.07 Å². The van der Waals surface area contributed by atoms with Gasteiger partial charge in [0.2, 0.25) is 5.91 Å². The summed E-state index contributed by atoms with van der Waals surface area (Å²) in [4.78, 5) is 14.2. The van der Waals surface area contributed by atoms with E-state index in [4.69, 9.17) is 5.26 Å². The molecule has 1 aliphatic rings. The lowest BCUT2D eigenvalue weighted by Gasteiger charge is -2.23. The van der Waals surface area contributed by atoms with Crippen LogP contribution in [0.15, 0.2) is 42.5 Å². The van der Waals surface area contributed by atoms with Crippen molar-refractivity contribution >= 4 is 23.0 Å². The number of hydrogen-bond acceptors (Lipinski definition) is 4. The lowest BCUT2D eigenvalue weighted by atomic mass is 10.1. The number of anilines is 3. The van der Waals surface area contributed by atoms with Gasteiger partial charge in [0.25, 0.3) is 0 Å². The molecule has 1 aliphatic heterocycles. The zero-order valence-electron chi connectivity index (χ0n) is 15.0. The first-order chi connectivity index (χ1) is 13.4. The predicted molar refractivity (Wildman–Crippen MR) is 101 cm³/mol. The highest BCUT2D eigenvalue weighted by atomic mass is 19.4. The smallest absolute Gasteiger partial charge is 0.374 e. The number of halogens is 3. The van der Waals surface area contributed by atoms with E-state index in [0.717, 1.165) is 38.1 Å². The SMILES string of the molecule is N#Cc1cccc(NC(=O)CNc2cc(C(F)(F)F)ccc2N2CCCC2)c1. The third-order valence-electron chi connectivity index (χ3n) is 4.49. The second-order valence-corrected chi connectivity index (χ2v) is 6.52. The normalized spacial score (nSPS) is 13.9. The fourth-order valence-corrected chi connectivity index (χ4v) is 3.13. The van der Waals surface area contributed by atoms with Crippen molar-refractivity contribution in [1.82, 2.24) is 0 Å². The molecule has 3 rings (SSSR count). The number of amides is 1. The number of nitrogens with zero attached hydrogens (tertiary/aromatic N) is 2. The summed E-state index contributed by atoms with van der Waals surface area (Å²) in [5, 5.41) is 14.4. The molecule has 28 heavy (non-hydrogen) atoms. The summed E-state index contributed by atoms with van der Waals surface area (Å²) >= 11 is 0. The Kier molecular flexibility index (Phi) is 5.73. The molecule has 1 saturated heterocycles. The molecule has 0 unspecified atom stereocenters. The Morgan fingerprint density at radius 1 is 1.14 bits per heavy atom. The summed E-state index contributed by atoms with van der Waals surface area (Å²) in [6.07, 6.45) is -2.49. The quantitative estimate of drug-likeness (QED) is 0.805. The molecular formula is C20H19F3N4O. The Labute approximate surface area is 160 Å². The second kappa shape index (κ2) is 8.21. The Morgan fingerprint density at radius 3 is 2.57 bits per heavy atom. The third-order valence-corrected chi connectivity index (χ3v) is 4.49. The summed E-state index contributed by atoms with van der Waals surface area (Å²) in [6.45, 7) is 1.35. The molecule has 0 atom stereocenters. The van der Waals surface area contributed by atoms with Crippen molar-refractivity contribution in [1.29, 1.82) is 5.26 Å². The van der Waals surface area contributed by atoms with Gasteiger partial charge in [-0.2, -0.15) is 18.4 Å². The zero-order chi connectivity index (χ0) is 20.1. The first-order valence-corrected chi connectivity index (χ1v) is 8.87. The van der Waals surface area contributed by atoms with E-state index in [1.54, 1.807) is 18.2 Å². The molecule has 0 aliphatic carbocycles. The van der Waals surface area contributed by atoms with Crippen LogP contribution in [0.25, 0.3) is 0 Å². The van der Waals surface area contributed by atoms with Gasteiger partial charge in [0.05, 0.1) is 35.1 Å². The number of nitrogens with one attached hydrogen (secondary N) is 2. The minimum absolute atomic E-state index is 0.196. The molecule has 2 N–H and O–H groups in total. The van der Waals surface area contributed by atoms with Crippen molar-refractivity contribution < 1.29 is 18.0 Å². The van der Waals surface area contributed by atoms with Crippen LogP contribution in [0.5, 0.6) is 0 Å². The third kappa shape index (κ3) is 4.74. The van der Waals surface area contributed by atoms with Gasteiger partial charge in [0.1, 0.15) is 0 Å². The predicted octanol–water partition coefficient (Wildman–Crippen LogP) is 4.23. The molecule has 0 radical (unpaired) electrons. The maximum atomic E-state index is 13.1. The minimum Gasteiger partial charge on any atom is -0.374 e. The number of benzene rings is 2. The number of carbonyl (C=O) groups excluding carboxylic acids is 1. The van der Waals surface area contributed by atoms with Crippen molar-refractivity contribution in [3.63, 3.8) is 0 Å². The van der Waals surface area contributed by atoms with E-state index in [9.17, 15) is 18.0 Å². The molecule has 5 nitrogen and oxygen atoms in total. The molecule has 146 valence electrons. The molecule has 0 spiro atoms. The topological polar surface area (TPSA) is 68.2 Å². The molecule has 0 aromatic heterocycles. The largest absolute Gasteiger partial charge is 0.416 e. The minimum atomic E-state index is -4.46. The van der Waals surface area contributed by atoms with E-state index < -0.39 is 17.6 Å². The molecular weight excluding hydrogens is 369 g/mol. The number of alkyl halides is 3. The van der Waals surface area contributed by atoms with Gasteiger partial charge in [-0.3, -0.25) is 4.79 Å². The highest BCUT2D eigenvalue weighted by Crippen LogP contribution is 2.36. The van der Waals surface area contributed by atoms with Gasteiger partial charge in [-0.05, 0) is 49.2 Å². The first kappa shape index (κ1) is 19.5. The van der Waals surface area contributed by atoms with E-state index in [0.29, 0.717) is 16.9 Å². The molecule has 8 heteroatoms. The van der Waals surface area contributed by atoms with Crippen molar-refractivity contribution in [2.45, 2.75) is 19.0 Å². The average Bonchev–Trinajstić information content (AvgIpc) is 3.20. The van der Waals surface area contributed by atoms with E-state index in [1.165, 1.54) is 12.1 Å². The molecule has 1 amide bonds. The Bertz CT molecular complexity index is 899. The summed E-state index contributed by atoms with van der Waals surface area (Å²) in [6, 6.07) is 11.9. The summed E-state index contributed by atoms with van der Waals surface area (Å²) in [5.74, 6) is -0.417. The van der Waals surface area contributed by atoms with Gasteiger partial charge >= 0.3 is 6.18 Å². The molecule has 0 bridgehead atoms. The van der Waals surface area contributed by atoms with Crippen molar-refractivity contribution in [2.75, 3.05) is 35.2 Å². The maximum absolute atomic E-state index is 13.1. The highest BCUT2D eigenvalue weighted by molar-refractivity contribution is 5.94. The van der Waals surface area contributed by atoms with Gasteiger partial charge in [0.15, 0.2) is 0 Å². The number of rotatable bonds is 5. The maximum Gasteiger partial charge on any atom is 0.416 e. The highest BCUT2D eigenvalue weighted by Gasteiger charge is 2.31. The second-order valence-electron chi connectivity index (χ2n) is 6.52. The Balaban J connectivity index is 1.74. The Morgan fingerprint density at radius 2 is 1.89 bits per heavy atom. The van der Waals surface area contributed by atoms with Crippen molar-refractivity contribution in [3.05, 3.63) is 53.6 Å². The zero-order valence-corrected chi connectivity index (χ0v) is 15.0. The molecule has 0 saturated carbocycles. The number of nitriles is 1. The van der Waals surface area contributed by atoms with Gasteiger partial charge in [-0.15, -0.1) is 0 Å². The number of hydrogen-bond donors (Lipinski definition) is 2. The lowest BCUT2D eigenvalue weighted by Crippen LogP contribution is -2.24. The van der Waals surface area contributed by atoms with E-state index in [1.807, 2.05) is 11.0 Å². The van der Waals surface area contributed by atoms with Crippen LogP contribution in [0.3, 0.4) is 0 Å². The van der Waals surface area contributed by atoms with Crippen molar-refractivity contribution in [2.24, 2.45) is 0 Å². The fourth-order valence-electron chi connectivity index (χ4n) is 3.13. The fraction of sp³-hybridized carbons (Fsp3) is 0.300. The molecule has 1 fully saturated rings. The van der Waals surface area contributed by atoms with E-state index in [2.05, 4.69) is 10.6 Å². The summed E-state index contributed by atoms with van der Waals surface area (Å²) in [7, 11) is 0. The monoisotopic (exact) mass is 388 g/mol. The van der Waals surface area contributed by atoms with Crippen LogP contribution in [0.4, 0.5) is 30.2 Å². The molecule has 2 aromatic rings. The van der Waals surface area contributed by atoms with Crippen LogP contribution < -0.4 is 15.5 Å². The van der Waals surface area contributed by atoms with E-state index in [-0.39, 0.29) is 12.2 Å². The van der Waals surface area contributed by atoms with Gasteiger partial charge in [-0.25, -0.2) is 0 Å². The molecule has 2 aromatic carbocycles. The Hall–Kier alpha value is -3.21. The van der Waals surface area contributed by atoms with Crippen molar-refractivity contribution in [3.8, 4) is 6.07 Å². The van der Waals surface area contributed by atoms with Gasteiger partial charge < -0.3 is 15.5 Å². The van der Waals surface area contributed by atoms with Crippen LogP contribution in [-0.2, 0) is 11.0 Å². The molecule has 1 heterocycles. The van der Waals surface area contributed by atoms with Crippen LogP contribution >= 0.6 is 0 Å².